The molecule has 0 saturated carbocycles. The number of carbonyl (C=O) groups excluding carboxylic acids is 2. The molecule has 3 nitrogen and oxygen atoms in total. The second-order valence-electron chi connectivity index (χ2n) is 8.26. The number of amides is 1. The fourth-order valence-electron chi connectivity index (χ4n) is 3.38. The van der Waals surface area contributed by atoms with Crippen molar-refractivity contribution in [2.24, 2.45) is 5.92 Å². The highest BCUT2D eigenvalue weighted by Crippen LogP contribution is 2.43. The van der Waals surface area contributed by atoms with E-state index in [4.69, 9.17) is 34.8 Å². The van der Waals surface area contributed by atoms with Crippen LogP contribution in [-0.2, 0) is 11.0 Å². The summed E-state index contributed by atoms with van der Waals surface area (Å²) < 4.78 is 122. The summed E-state index contributed by atoms with van der Waals surface area (Å²) >= 11 is 17.2. The van der Waals surface area contributed by atoms with E-state index in [1.165, 1.54) is 0 Å². The largest absolute Gasteiger partial charge is 0.417 e. The van der Waals surface area contributed by atoms with Crippen molar-refractivity contribution in [1.29, 1.82) is 0 Å². The van der Waals surface area contributed by atoms with Gasteiger partial charge in [-0.15, -0.1) is 0 Å². The van der Waals surface area contributed by atoms with Crippen LogP contribution in [0.3, 0.4) is 0 Å². The molecule has 0 bridgehead atoms. The quantitative estimate of drug-likeness (QED) is 0.171. The summed E-state index contributed by atoms with van der Waals surface area (Å²) in [7, 11) is 0. The predicted octanol–water partition coefficient (Wildman–Crippen LogP) is 8.91. The van der Waals surface area contributed by atoms with Crippen LogP contribution < -0.4 is 5.32 Å². The summed E-state index contributed by atoms with van der Waals surface area (Å²) in [5.41, 5.74) is -4.23. The summed E-state index contributed by atoms with van der Waals surface area (Å²) in [5, 5.41) is 0.817. The second-order valence-corrected chi connectivity index (χ2v) is 9.45. The van der Waals surface area contributed by atoms with Gasteiger partial charge in [0.2, 0.25) is 5.91 Å². The van der Waals surface area contributed by atoms with Crippen LogP contribution in [0.1, 0.15) is 46.3 Å². The molecule has 1 N–H and O–H groups in total. The molecule has 0 aliphatic carbocycles. The minimum atomic E-state index is -5.25. The zero-order valence-corrected chi connectivity index (χ0v) is 21.7. The van der Waals surface area contributed by atoms with Crippen molar-refractivity contribution in [2.45, 2.75) is 38.0 Å². The van der Waals surface area contributed by atoms with E-state index in [1.807, 2.05) is 5.32 Å². The fraction of sp³-hybridized carbons (Fsp3) is 0.333. The first kappa shape index (κ1) is 32.8. The zero-order valence-electron chi connectivity index (χ0n) is 19.5. The van der Waals surface area contributed by atoms with Crippen molar-refractivity contribution in [3.8, 4) is 0 Å². The van der Waals surface area contributed by atoms with E-state index < -0.39 is 83.4 Å². The summed E-state index contributed by atoms with van der Waals surface area (Å²) in [4.78, 5) is 24.3. The first-order valence-corrected chi connectivity index (χ1v) is 11.9. The van der Waals surface area contributed by atoms with Crippen molar-refractivity contribution in [3.05, 3.63) is 73.7 Å². The average Bonchev–Trinajstić information content (AvgIpc) is 2.82. The first-order valence-electron chi connectivity index (χ1n) is 10.7. The molecule has 39 heavy (non-hydrogen) atoms. The van der Waals surface area contributed by atoms with Crippen LogP contribution in [0.4, 0.5) is 39.5 Å². The molecule has 1 unspecified atom stereocenters. The van der Waals surface area contributed by atoms with Crippen molar-refractivity contribution >= 4 is 52.3 Å². The Morgan fingerprint density at radius 1 is 0.974 bits per heavy atom. The van der Waals surface area contributed by atoms with Gasteiger partial charge in [-0.1, -0.05) is 53.9 Å². The number of hydrogen-bond donors (Lipinski definition) is 1. The van der Waals surface area contributed by atoms with Gasteiger partial charge in [-0.2, -0.15) is 26.3 Å². The van der Waals surface area contributed by atoms with Gasteiger partial charge in [-0.25, -0.2) is 13.2 Å². The molecular weight excluding hydrogens is 612 g/mol. The molecule has 2 aromatic rings. The maximum atomic E-state index is 15.0. The molecule has 0 aromatic heterocycles. The highest BCUT2D eigenvalue weighted by atomic mass is 35.5. The van der Waals surface area contributed by atoms with Crippen molar-refractivity contribution in [3.63, 3.8) is 0 Å². The molecule has 214 valence electrons. The summed E-state index contributed by atoms with van der Waals surface area (Å²) in [5.74, 6) is -7.92. The lowest BCUT2D eigenvalue weighted by atomic mass is 9.92. The van der Waals surface area contributed by atoms with Crippen LogP contribution in [0.2, 0.25) is 15.1 Å². The maximum Gasteiger partial charge on any atom is 0.417 e. The van der Waals surface area contributed by atoms with Crippen LogP contribution in [0, 0.1) is 5.92 Å². The van der Waals surface area contributed by atoms with Gasteiger partial charge in [0.15, 0.2) is 5.78 Å². The van der Waals surface area contributed by atoms with Crippen molar-refractivity contribution < 1.29 is 49.1 Å². The molecule has 15 heteroatoms. The highest BCUT2D eigenvalue weighted by Gasteiger charge is 2.41. The molecule has 2 rings (SSSR count). The molecule has 1 amide bonds. The van der Waals surface area contributed by atoms with Gasteiger partial charge in [0.25, 0.3) is 6.43 Å². The monoisotopic (exact) mass is 627 g/mol. The molecule has 0 saturated heterocycles. The summed E-state index contributed by atoms with van der Waals surface area (Å²) in [6.07, 6.45) is -14.1. The summed E-state index contributed by atoms with van der Waals surface area (Å²) in [6, 6.07) is 2.91. The van der Waals surface area contributed by atoms with Crippen molar-refractivity contribution in [2.75, 3.05) is 6.54 Å². The van der Waals surface area contributed by atoms with E-state index in [0.717, 1.165) is 19.1 Å². The third kappa shape index (κ3) is 8.77. The molecule has 0 aliphatic rings. The number of carbonyl (C=O) groups is 2. The molecule has 0 spiro atoms. The Balaban J connectivity index is 2.47. The number of allylic oxidation sites excluding steroid dienone is 1. The lowest BCUT2D eigenvalue weighted by Crippen LogP contribution is -2.34. The summed E-state index contributed by atoms with van der Waals surface area (Å²) in [6.45, 7) is 0.0914. The van der Waals surface area contributed by atoms with Gasteiger partial charge >= 0.3 is 12.4 Å². The molecule has 0 fully saturated rings. The molecule has 0 radical (unpaired) electrons. The minimum Gasteiger partial charge on any atom is -0.350 e. The number of alkyl halides is 8. The van der Waals surface area contributed by atoms with Crippen LogP contribution in [0.5, 0.6) is 0 Å². The first-order chi connectivity index (χ1) is 17.8. The third-order valence-corrected chi connectivity index (χ3v) is 6.50. The maximum absolute atomic E-state index is 15.0. The highest BCUT2D eigenvalue weighted by molar-refractivity contribution is 6.48. The van der Waals surface area contributed by atoms with Gasteiger partial charge < -0.3 is 5.32 Å². The third-order valence-electron chi connectivity index (χ3n) is 5.30. The molecular formula is C24H17Cl3F9NO2. The standard InChI is InChI=1S/C24H17Cl3F9NO2/c1-10(22(39)37-9-20(29)30)4-19(38)13-3-2-11(5-15(13)24(34,35)36)18(28)8-14(23(31,32)33)12-6-16(25)21(27)17(26)7-12/h2-3,5-8,10,14,20H,4,9H2,1H3,(H,37,39)/b18-8-/t10-,14?/m0/s1. The van der Waals surface area contributed by atoms with Gasteiger partial charge in [0.05, 0.1) is 27.2 Å². The van der Waals surface area contributed by atoms with Gasteiger partial charge in [-0.3, -0.25) is 9.59 Å². The lowest BCUT2D eigenvalue weighted by Gasteiger charge is -2.19. The second kappa shape index (κ2) is 12.8. The number of Topliss-reactive ketones (excluding diaryl/α,β-unsaturated/α-hetero) is 1. The normalized spacial score (nSPS) is 14.4. The zero-order chi connectivity index (χ0) is 29.9. The molecule has 2 aromatic carbocycles. The number of nitrogens with one attached hydrogen (secondary N) is 1. The smallest absolute Gasteiger partial charge is 0.350 e. The number of rotatable bonds is 9. The fourth-order valence-corrected chi connectivity index (χ4v) is 3.99. The van der Waals surface area contributed by atoms with Crippen LogP contribution >= 0.6 is 34.8 Å². The Morgan fingerprint density at radius 2 is 1.54 bits per heavy atom. The van der Waals surface area contributed by atoms with E-state index in [0.29, 0.717) is 12.1 Å². The SMILES string of the molecule is C[C@@H](CC(=O)c1ccc(/C(F)=C/C(c2cc(Cl)c(Cl)c(Cl)c2)C(F)(F)F)cc1C(F)(F)F)C(=O)NCC(F)F. The Labute approximate surface area is 230 Å². The minimum absolute atomic E-state index is 0.0162. The number of ketones is 1. The van der Waals surface area contributed by atoms with Crippen LogP contribution in [0.15, 0.2) is 36.4 Å². The molecule has 0 aliphatic heterocycles. The number of hydrogen-bond acceptors (Lipinski definition) is 2. The van der Waals surface area contributed by atoms with Crippen molar-refractivity contribution in [1.82, 2.24) is 5.32 Å². The Kier molecular flexibility index (Phi) is 10.8. The van der Waals surface area contributed by atoms with Gasteiger partial charge in [-0.05, 0) is 29.8 Å². The van der Waals surface area contributed by atoms with E-state index in [1.54, 1.807) is 0 Å². The van der Waals surface area contributed by atoms with E-state index in [9.17, 15) is 49.1 Å². The average molecular weight is 629 g/mol. The molecule has 2 atom stereocenters. The number of benzene rings is 2. The predicted molar refractivity (Wildman–Crippen MR) is 128 cm³/mol. The van der Waals surface area contributed by atoms with Crippen LogP contribution in [-0.4, -0.2) is 30.8 Å². The van der Waals surface area contributed by atoms with Crippen LogP contribution in [0.25, 0.3) is 5.83 Å². The van der Waals surface area contributed by atoms with E-state index in [-0.39, 0.29) is 27.2 Å². The van der Waals surface area contributed by atoms with E-state index in [2.05, 4.69) is 0 Å². The topological polar surface area (TPSA) is 46.2 Å². The Morgan fingerprint density at radius 3 is 2.03 bits per heavy atom. The van der Waals surface area contributed by atoms with Gasteiger partial charge in [0.1, 0.15) is 11.7 Å². The van der Waals surface area contributed by atoms with E-state index >= 15 is 0 Å². The lowest BCUT2D eigenvalue weighted by molar-refractivity contribution is -0.140. The van der Waals surface area contributed by atoms with Gasteiger partial charge in [0, 0.05) is 23.5 Å². The Bertz CT molecular complexity index is 1240. The number of halogens is 12. The Hall–Kier alpha value is -2.44. The molecule has 0 heterocycles.